The molecule has 0 atom stereocenters. The number of ether oxygens (including phenoxy) is 1. The molecule has 2 aliphatic rings. The van der Waals surface area contributed by atoms with E-state index < -0.39 is 0 Å². The van der Waals surface area contributed by atoms with Crippen molar-refractivity contribution in [2.75, 3.05) is 6.61 Å². The second kappa shape index (κ2) is 10.2. The van der Waals surface area contributed by atoms with Gasteiger partial charge in [-0.3, -0.25) is 4.79 Å². The third-order valence-electron chi connectivity index (χ3n) is 4.87. The summed E-state index contributed by atoms with van der Waals surface area (Å²) in [6.07, 6.45) is 13.0. The summed E-state index contributed by atoms with van der Waals surface area (Å²) >= 11 is 0. The molecule has 2 saturated carbocycles. The van der Waals surface area contributed by atoms with Crippen LogP contribution in [0.3, 0.4) is 0 Å². The molecule has 0 aliphatic heterocycles. The van der Waals surface area contributed by atoms with Crippen LogP contribution in [0, 0.1) is 17.8 Å². The molecule has 0 aromatic rings. The zero-order valence-corrected chi connectivity index (χ0v) is 13.8. The molecule has 0 radical (unpaired) electrons. The summed E-state index contributed by atoms with van der Waals surface area (Å²) < 4.78 is 5.37. The van der Waals surface area contributed by atoms with Crippen molar-refractivity contribution in [2.24, 2.45) is 17.8 Å². The van der Waals surface area contributed by atoms with Crippen LogP contribution < -0.4 is 0 Å². The Morgan fingerprint density at radius 1 is 0.900 bits per heavy atom. The van der Waals surface area contributed by atoms with Gasteiger partial charge in [-0.05, 0) is 44.4 Å². The molecule has 0 amide bonds. The van der Waals surface area contributed by atoms with E-state index in [1.165, 1.54) is 64.2 Å². The summed E-state index contributed by atoms with van der Waals surface area (Å²) in [6.45, 7) is 6.46. The van der Waals surface area contributed by atoms with E-state index in [4.69, 9.17) is 4.74 Å². The lowest BCUT2D eigenvalue weighted by Crippen LogP contribution is -2.34. The van der Waals surface area contributed by atoms with Gasteiger partial charge in [0.05, 0.1) is 12.5 Å². The lowest BCUT2D eigenvalue weighted by atomic mass is 9.69. The molecule has 2 fully saturated rings. The Labute approximate surface area is 125 Å². The Hall–Kier alpha value is -0.530. The van der Waals surface area contributed by atoms with Crippen LogP contribution in [-0.4, -0.2) is 12.6 Å². The standard InChI is InChI=1S/C16H28O2.C2H6/c1-2-18-16(17)15(13-9-5-3-6-10-13)14-11-7-4-8-12-14;1-2/h13-15H,2-12H2,1H3;1-2H3. The first-order valence-corrected chi connectivity index (χ1v) is 8.99. The lowest BCUT2D eigenvalue weighted by molar-refractivity contribution is -0.153. The fourth-order valence-corrected chi connectivity index (χ4v) is 3.99. The largest absolute Gasteiger partial charge is 0.466 e. The topological polar surface area (TPSA) is 26.3 Å². The Balaban J connectivity index is 0.000000956. The van der Waals surface area contributed by atoms with Gasteiger partial charge in [-0.15, -0.1) is 0 Å². The summed E-state index contributed by atoms with van der Waals surface area (Å²) in [5.74, 6) is 1.55. The van der Waals surface area contributed by atoms with Gasteiger partial charge >= 0.3 is 5.97 Å². The van der Waals surface area contributed by atoms with Crippen molar-refractivity contribution >= 4 is 5.97 Å². The van der Waals surface area contributed by atoms with Gasteiger partial charge in [0.25, 0.3) is 0 Å². The van der Waals surface area contributed by atoms with Crippen molar-refractivity contribution < 1.29 is 9.53 Å². The van der Waals surface area contributed by atoms with Crippen LogP contribution in [0.15, 0.2) is 0 Å². The third-order valence-corrected chi connectivity index (χ3v) is 4.87. The van der Waals surface area contributed by atoms with Gasteiger partial charge in [0.2, 0.25) is 0 Å². The average molecular weight is 282 g/mol. The Morgan fingerprint density at radius 2 is 1.30 bits per heavy atom. The predicted octanol–water partition coefficient (Wildman–Crippen LogP) is 5.35. The number of hydrogen-bond donors (Lipinski definition) is 0. The minimum Gasteiger partial charge on any atom is -0.466 e. The van der Waals surface area contributed by atoms with Crippen LogP contribution in [0.5, 0.6) is 0 Å². The summed E-state index contributed by atoms with van der Waals surface area (Å²) in [7, 11) is 0. The molecule has 2 nitrogen and oxygen atoms in total. The molecule has 0 unspecified atom stereocenters. The molecule has 0 heterocycles. The van der Waals surface area contributed by atoms with Gasteiger partial charge in [-0.25, -0.2) is 0 Å². The van der Waals surface area contributed by atoms with Crippen molar-refractivity contribution in [1.29, 1.82) is 0 Å². The van der Waals surface area contributed by atoms with Gasteiger partial charge in [0.15, 0.2) is 0 Å². The molecule has 0 spiro atoms. The molecular weight excluding hydrogens is 248 g/mol. The van der Waals surface area contributed by atoms with E-state index in [0.717, 1.165) is 0 Å². The lowest BCUT2D eigenvalue weighted by Gasteiger charge is -2.36. The highest BCUT2D eigenvalue weighted by Crippen LogP contribution is 2.40. The zero-order chi connectivity index (χ0) is 14.8. The van der Waals surface area contributed by atoms with E-state index in [2.05, 4.69) is 0 Å². The van der Waals surface area contributed by atoms with Crippen LogP contribution in [0.2, 0.25) is 0 Å². The van der Waals surface area contributed by atoms with E-state index in [9.17, 15) is 4.79 Å². The summed E-state index contributed by atoms with van der Waals surface area (Å²) in [4.78, 5) is 12.3. The fraction of sp³-hybridized carbons (Fsp3) is 0.944. The van der Waals surface area contributed by atoms with Crippen molar-refractivity contribution in [3.63, 3.8) is 0 Å². The second-order valence-corrected chi connectivity index (χ2v) is 6.07. The Kier molecular flexibility index (Phi) is 8.97. The quantitative estimate of drug-likeness (QED) is 0.649. The van der Waals surface area contributed by atoms with Crippen LogP contribution in [-0.2, 0) is 9.53 Å². The fourth-order valence-electron chi connectivity index (χ4n) is 3.99. The SMILES string of the molecule is CC.CCOC(=O)C(C1CCCCC1)C1CCCCC1. The first-order chi connectivity index (χ1) is 9.83. The van der Waals surface area contributed by atoms with Gasteiger partial charge in [-0.1, -0.05) is 52.4 Å². The zero-order valence-electron chi connectivity index (χ0n) is 13.8. The van der Waals surface area contributed by atoms with E-state index in [-0.39, 0.29) is 11.9 Å². The maximum Gasteiger partial charge on any atom is 0.309 e. The van der Waals surface area contributed by atoms with Gasteiger partial charge in [0, 0.05) is 0 Å². The molecule has 0 aromatic carbocycles. The molecule has 2 aliphatic carbocycles. The molecule has 2 rings (SSSR count). The van der Waals surface area contributed by atoms with Crippen LogP contribution in [0.4, 0.5) is 0 Å². The van der Waals surface area contributed by atoms with E-state index in [1.807, 2.05) is 20.8 Å². The third kappa shape index (κ3) is 5.10. The molecule has 0 aromatic heterocycles. The van der Waals surface area contributed by atoms with E-state index >= 15 is 0 Å². The van der Waals surface area contributed by atoms with Crippen LogP contribution in [0.1, 0.15) is 85.0 Å². The van der Waals surface area contributed by atoms with Gasteiger partial charge in [-0.2, -0.15) is 0 Å². The summed E-state index contributed by atoms with van der Waals surface area (Å²) in [5, 5.41) is 0. The Morgan fingerprint density at radius 3 is 1.65 bits per heavy atom. The minimum absolute atomic E-state index is 0.108. The highest BCUT2D eigenvalue weighted by atomic mass is 16.5. The molecule has 0 N–H and O–H groups in total. The van der Waals surface area contributed by atoms with E-state index in [0.29, 0.717) is 18.4 Å². The maximum absolute atomic E-state index is 12.3. The van der Waals surface area contributed by atoms with Crippen LogP contribution in [0.25, 0.3) is 0 Å². The first kappa shape index (κ1) is 17.5. The van der Waals surface area contributed by atoms with Crippen molar-refractivity contribution in [1.82, 2.24) is 0 Å². The minimum atomic E-state index is 0.108. The molecule has 0 saturated heterocycles. The molecule has 118 valence electrons. The number of carbonyl (C=O) groups is 1. The average Bonchev–Trinajstić information content (AvgIpc) is 2.52. The predicted molar refractivity (Wildman–Crippen MR) is 84.6 cm³/mol. The second-order valence-electron chi connectivity index (χ2n) is 6.07. The highest BCUT2D eigenvalue weighted by Gasteiger charge is 2.37. The molecule has 20 heavy (non-hydrogen) atoms. The molecule has 2 heteroatoms. The Bertz CT molecular complexity index is 232. The monoisotopic (exact) mass is 282 g/mol. The normalized spacial score (nSPS) is 21.2. The van der Waals surface area contributed by atoms with Gasteiger partial charge < -0.3 is 4.74 Å². The van der Waals surface area contributed by atoms with Crippen LogP contribution >= 0.6 is 0 Å². The number of rotatable bonds is 4. The van der Waals surface area contributed by atoms with Crippen molar-refractivity contribution in [2.45, 2.75) is 85.0 Å². The van der Waals surface area contributed by atoms with Gasteiger partial charge in [0.1, 0.15) is 0 Å². The van der Waals surface area contributed by atoms with Crippen molar-refractivity contribution in [3.8, 4) is 0 Å². The smallest absolute Gasteiger partial charge is 0.309 e. The maximum atomic E-state index is 12.3. The highest BCUT2D eigenvalue weighted by molar-refractivity contribution is 5.73. The summed E-state index contributed by atoms with van der Waals surface area (Å²) in [6, 6.07) is 0. The number of carbonyl (C=O) groups excluding carboxylic acids is 1. The van der Waals surface area contributed by atoms with Crippen molar-refractivity contribution in [3.05, 3.63) is 0 Å². The first-order valence-electron chi connectivity index (χ1n) is 8.99. The molecular formula is C18H34O2. The summed E-state index contributed by atoms with van der Waals surface area (Å²) in [5.41, 5.74) is 0. The van der Waals surface area contributed by atoms with E-state index in [1.54, 1.807) is 0 Å². The number of hydrogen-bond acceptors (Lipinski definition) is 2. The number of esters is 1. The molecule has 0 bridgehead atoms.